The van der Waals surface area contributed by atoms with E-state index in [1.54, 1.807) is 29.5 Å². The van der Waals surface area contributed by atoms with Crippen LogP contribution in [-0.4, -0.2) is 35.8 Å². The second kappa shape index (κ2) is 7.81. The van der Waals surface area contributed by atoms with E-state index in [0.29, 0.717) is 19.6 Å². The van der Waals surface area contributed by atoms with Crippen molar-refractivity contribution in [3.63, 3.8) is 0 Å². The molecule has 0 saturated heterocycles. The van der Waals surface area contributed by atoms with E-state index in [1.807, 2.05) is 29.7 Å². The number of likely N-dealkylation sites (N-methyl/N-ethyl adjacent to an activating group) is 1. The van der Waals surface area contributed by atoms with Gasteiger partial charge in [0.1, 0.15) is 5.76 Å². The van der Waals surface area contributed by atoms with Gasteiger partial charge in [0.05, 0.1) is 19.4 Å². The van der Waals surface area contributed by atoms with Crippen LogP contribution in [0.3, 0.4) is 0 Å². The molecule has 0 radical (unpaired) electrons. The molecule has 0 saturated carbocycles. The Morgan fingerprint density at radius 1 is 1.38 bits per heavy atom. The summed E-state index contributed by atoms with van der Waals surface area (Å²) >= 11 is 1.70. The van der Waals surface area contributed by atoms with Crippen molar-refractivity contribution in [2.24, 2.45) is 0 Å². The van der Waals surface area contributed by atoms with Gasteiger partial charge in [-0.2, -0.15) is 0 Å². The molecule has 0 bridgehead atoms. The van der Waals surface area contributed by atoms with Crippen LogP contribution >= 0.6 is 11.3 Å². The van der Waals surface area contributed by atoms with Gasteiger partial charge in [0.15, 0.2) is 0 Å². The van der Waals surface area contributed by atoms with Crippen molar-refractivity contribution in [3.8, 4) is 0 Å². The molecule has 1 amide bonds. The zero-order valence-electron chi connectivity index (χ0n) is 12.2. The van der Waals surface area contributed by atoms with Crippen LogP contribution in [0.4, 0.5) is 0 Å². The van der Waals surface area contributed by atoms with Crippen LogP contribution < -0.4 is 0 Å². The average molecular weight is 304 g/mol. The van der Waals surface area contributed by atoms with Gasteiger partial charge in [-0.05, 0) is 23.6 Å². The second-order valence-corrected chi connectivity index (χ2v) is 5.90. The molecule has 0 aliphatic rings. The van der Waals surface area contributed by atoms with Crippen molar-refractivity contribution in [1.82, 2.24) is 9.80 Å². The van der Waals surface area contributed by atoms with Gasteiger partial charge in [-0.3, -0.25) is 9.69 Å². The van der Waals surface area contributed by atoms with Crippen molar-refractivity contribution < 1.29 is 9.21 Å². The first kappa shape index (κ1) is 15.5. The number of amides is 1. The van der Waals surface area contributed by atoms with E-state index in [9.17, 15) is 4.79 Å². The molecule has 0 fully saturated rings. The normalized spacial score (nSPS) is 10.8. The topological polar surface area (TPSA) is 36.7 Å². The third-order valence-electron chi connectivity index (χ3n) is 3.10. The first-order valence-electron chi connectivity index (χ1n) is 6.81. The summed E-state index contributed by atoms with van der Waals surface area (Å²) in [6.07, 6.45) is 3.45. The Balaban J connectivity index is 1.89. The Morgan fingerprint density at radius 2 is 2.24 bits per heavy atom. The summed E-state index contributed by atoms with van der Waals surface area (Å²) in [5, 5.41) is 2.05. The van der Waals surface area contributed by atoms with Gasteiger partial charge in [-0.15, -0.1) is 17.9 Å². The first-order valence-corrected chi connectivity index (χ1v) is 7.69. The molecule has 0 aliphatic carbocycles. The molecule has 2 heterocycles. The monoisotopic (exact) mass is 304 g/mol. The number of carbonyl (C=O) groups is 1. The number of carbonyl (C=O) groups excluding carboxylic acids is 1. The van der Waals surface area contributed by atoms with Crippen molar-refractivity contribution in [3.05, 3.63) is 59.2 Å². The smallest absolute Gasteiger partial charge is 0.236 e. The Bertz CT molecular complexity index is 549. The minimum Gasteiger partial charge on any atom is -0.467 e. The number of hydrogen-bond donors (Lipinski definition) is 0. The lowest BCUT2D eigenvalue weighted by Crippen LogP contribution is -2.37. The molecule has 2 aromatic heterocycles. The molecule has 2 rings (SSSR count). The molecule has 4 nitrogen and oxygen atoms in total. The van der Waals surface area contributed by atoms with Gasteiger partial charge in [-0.25, -0.2) is 0 Å². The number of thiophene rings is 1. The molecule has 0 spiro atoms. The zero-order valence-corrected chi connectivity index (χ0v) is 13.0. The molecule has 5 heteroatoms. The number of furan rings is 1. The molecule has 0 aliphatic heterocycles. The van der Waals surface area contributed by atoms with Crippen molar-refractivity contribution in [2.75, 3.05) is 20.1 Å². The van der Waals surface area contributed by atoms with Crippen LogP contribution in [0.2, 0.25) is 0 Å². The van der Waals surface area contributed by atoms with E-state index in [1.165, 1.54) is 4.88 Å². The molecular formula is C16H20N2O2S. The highest BCUT2D eigenvalue weighted by atomic mass is 32.1. The Kier molecular flexibility index (Phi) is 5.78. The molecule has 0 atom stereocenters. The number of nitrogens with zero attached hydrogens (tertiary/aromatic N) is 2. The molecule has 0 unspecified atom stereocenters. The fourth-order valence-electron chi connectivity index (χ4n) is 2.03. The Morgan fingerprint density at radius 3 is 2.86 bits per heavy atom. The largest absolute Gasteiger partial charge is 0.467 e. The third-order valence-corrected chi connectivity index (χ3v) is 3.97. The minimum atomic E-state index is 0.0739. The highest BCUT2D eigenvalue weighted by molar-refractivity contribution is 7.09. The highest BCUT2D eigenvalue weighted by Crippen LogP contribution is 2.12. The molecule has 112 valence electrons. The summed E-state index contributed by atoms with van der Waals surface area (Å²) in [5.74, 6) is 0.865. The maximum atomic E-state index is 12.3. The van der Waals surface area contributed by atoms with Crippen molar-refractivity contribution in [1.29, 1.82) is 0 Å². The number of hydrogen-bond acceptors (Lipinski definition) is 4. The maximum absolute atomic E-state index is 12.3. The van der Waals surface area contributed by atoms with Crippen LogP contribution in [0.1, 0.15) is 10.6 Å². The summed E-state index contributed by atoms with van der Waals surface area (Å²) in [6.45, 7) is 6.09. The van der Waals surface area contributed by atoms with Crippen LogP contribution in [0.15, 0.2) is 53.0 Å². The van der Waals surface area contributed by atoms with Gasteiger partial charge in [-0.1, -0.05) is 12.1 Å². The van der Waals surface area contributed by atoms with Crippen LogP contribution in [-0.2, 0) is 17.9 Å². The summed E-state index contributed by atoms with van der Waals surface area (Å²) in [4.78, 5) is 17.3. The summed E-state index contributed by atoms with van der Waals surface area (Å²) in [7, 11) is 1.79. The summed E-state index contributed by atoms with van der Waals surface area (Å²) in [6, 6.07) is 7.81. The lowest BCUT2D eigenvalue weighted by molar-refractivity contribution is -0.131. The van der Waals surface area contributed by atoms with E-state index in [4.69, 9.17) is 4.42 Å². The van der Waals surface area contributed by atoms with E-state index >= 15 is 0 Å². The van der Waals surface area contributed by atoms with E-state index in [2.05, 4.69) is 17.5 Å². The fourth-order valence-corrected chi connectivity index (χ4v) is 2.77. The van der Waals surface area contributed by atoms with Crippen molar-refractivity contribution in [2.45, 2.75) is 13.1 Å². The standard InChI is InChI=1S/C16H20N2O2S/c1-3-8-18(12-15-7-5-10-21-15)13-16(19)17(2)11-14-6-4-9-20-14/h3-7,9-10H,1,8,11-13H2,2H3. The van der Waals surface area contributed by atoms with Crippen LogP contribution in [0.5, 0.6) is 0 Å². The molecule has 0 aromatic carbocycles. The number of rotatable bonds is 8. The Hall–Kier alpha value is -1.85. The first-order chi connectivity index (χ1) is 10.2. The Labute approximate surface area is 129 Å². The van der Waals surface area contributed by atoms with Gasteiger partial charge in [0.2, 0.25) is 5.91 Å². The second-order valence-electron chi connectivity index (χ2n) is 4.87. The van der Waals surface area contributed by atoms with Gasteiger partial charge < -0.3 is 9.32 Å². The molecular weight excluding hydrogens is 284 g/mol. The van der Waals surface area contributed by atoms with E-state index in [-0.39, 0.29) is 5.91 Å². The molecule has 21 heavy (non-hydrogen) atoms. The van der Waals surface area contributed by atoms with Crippen molar-refractivity contribution >= 4 is 17.2 Å². The van der Waals surface area contributed by atoms with Gasteiger partial charge >= 0.3 is 0 Å². The molecule has 2 aromatic rings. The average Bonchev–Trinajstić information content (AvgIpc) is 3.12. The zero-order chi connectivity index (χ0) is 15.1. The summed E-state index contributed by atoms with van der Waals surface area (Å²) in [5.41, 5.74) is 0. The van der Waals surface area contributed by atoms with Crippen LogP contribution in [0.25, 0.3) is 0 Å². The van der Waals surface area contributed by atoms with Gasteiger partial charge in [0, 0.05) is 25.0 Å². The fraction of sp³-hybridized carbons (Fsp3) is 0.312. The third kappa shape index (κ3) is 4.88. The van der Waals surface area contributed by atoms with E-state index in [0.717, 1.165) is 12.3 Å². The lowest BCUT2D eigenvalue weighted by atomic mass is 10.3. The van der Waals surface area contributed by atoms with Crippen LogP contribution in [0, 0.1) is 0 Å². The van der Waals surface area contributed by atoms with Gasteiger partial charge in [0.25, 0.3) is 0 Å². The highest BCUT2D eigenvalue weighted by Gasteiger charge is 2.15. The summed E-state index contributed by atoms with van der Waals surface area (Å²) < 4.78 is 5.27. The predicted octanol–water partition coefficient (Wildman–Crippen LogP) is 2.99. The quantitative estimate of drug-likeness (QED) is 0.704. The predicted molar refractivity (Wildman–Crippen MR) is 85.0 cm³/mol. The SMILES string of the molecule is C=CCN(CC(=O)N(C)Cc1ccco1)Cc1cccs1. The lowest BCUT2D eigenvalue weighted by Gasteiger charge is -2.23. The maximum Gasteiger partial charge on any atom is 0.236 e. The molecule has 0 N–H and O–H groups in total. The minimum absolute atomic E-state index is 0.0739. The van der Waals surface area contributed by atoms with E-state index < -0.39 is 0 Å².